The van der Waals surface area contributed by atoms with Gasteiger partial charge in [-0.3, -0.25) is 9.59 Å². The Bertz CT molecular complexity index is 1200. The largest absolute Gasteiger partial charge is 0.371 e. The van der Waals surface area contributed by atoms with Gasteiger partial charge in [-0.25, -0.2) is 0 Å². The summed E-state index contributed by atoms with van der Waals surface area (Å²) in [5.74, 6) is 0.483. The van der Waals surface area contributed by atoms with Crippen LogP contribution in [0.4, 0.5) is 11.4 Å². The van der Waals surface area contributed by atoms with E-state index >= 15 is 0 Å². The lowest BCUT2D eigenvalue weighted by atomic mass is 9.89. The van der Waals surface area contributed by atoms with E-state index in [1.54, 1.807) is 0 Å². The maximum absolute atomic E-state index is 13.5. The van der Waals surface area contributed by atoms with Gasteiger partial charge in [0.05, 0.1) is 12.2 Å². The van der Waals surface area contributed by atoms with E-state index in [-0.39, 0.29) is 18.4 Å². The summed E-state index contributed by atoms with van der Waals surface area (Å²) in [5.41, 5.74) is 4.69. The zero-order valence-electron chi connectivity index (χ0n) is 22.0. The highest BCUT2D eigenvalue weighted by molar-refractivity contribution is 6.02. The van der Waals surface area contributed by atoms with Crippen LogP contribution in [0.3, 0.4) is 0 Å². The molecule has 2 amide bonds. The van der Waals surface area contributed by atoms with Crippen LogP contribution in [0.25, 0.3) is 0 Å². The molecule has 2 aliphatic rings. The first-order valence-corrected chi connectivity index (χ1v) is 13.8. The first kappa shape index (κ1) is 26.0. The third-order valence-corrected chi connectivity index (χ3v) is 7.57. The molecule has 6 nitrogen and oxygen atoms in total. The number of hydrogen-bond donors (Lipinski definition) is 1. The molecule has 5 rings (SSSR count). The number of nitrogens with one attached hydrogen (secondary N) is 1. The molecule has 3 aromatic carbocycles. The van der Waals surface area contributed by atoms with E-state index in [2.05, 4.69) is 40.5 Å². The third-order valence-electron chi connectivity index (χ3n) is 7.57. The minimum Gasteiger partial charge on any atom is -0.371 e. The van der Waals surface area contributed by atoms with Crippen molar-refractivity contribution in [2.75, 3.05) is 43.0 Å². The highest BCUT2D eigenvalue weighted by atomic mass is 16.5. The molecule has 1 N–H and O–H groups in total. The fourth-order valence-electron chi connectivity index (χ4n) is 5.51. The first-order chi connectivity index (χ1) is 18.7. The van der Waals surface area contributed by atoms with Crippen molar-refractivity contribution >= 4 is 23.2 Å². The first-order valence-electron chi connectivity index (χ1n) is 13.8. The van der Waals surface area contributed by atoms with Crippen molar-refractivity contribution in [3.8, 4) is 0 Å². The lowest BCUT2D eigenvalue weighted by Gasteiger charge is -2.35. The predicted molar refractivity (Wildman–Crippen MR) is 151 cm³/mol. The van der Waals surface area contributed by atoms with Gasteiger partial charge in [0, 0.05) is 37.6 Å². The molecule has 2 fully saturated rings. The highest BCUT2D eigenvalue weighted by Crippen LogP contribution is 2.31. The fourth-order valence-corrected chi connectivity index (χ4v) is 5.51. The van der Waals surface area contributed by atoms with E-state index in [1.807, 2.05) is 53.4 Å². The summed E-state index contributed by atoms with van der Waals surface area (Å²) in [4.78, 5) is 30.4. The maximum Gasteiger partial charge on any atom is 0.256 e. The summed E-state index contributed by atoms with van der Waals surface area (Å²) in [6.07, 6.45) is 5.39. The molecule has 0 aromatic heterocycles. The van der Waals surface area contributed by atoms with Gasteiger partial charge in [-0.1, -0.05) is 60.7 Å². The molecule has 38 heavy (non-hydrogen) atoms. The molecule has 0 saturated carbocycles. The van der Waals surface area contributed by atoms with Gasteiger partial charge in [-0.15, -0.1) is 0 Å². The Hall–Kier alpha value is -3.64. The zero-order chi connectivity index (χ0) is 26.2. The van der Waals surface area contributed by atoms with Gasteiger partial charge in [0.25, 0.3) is 5.91 Å². The number of carbonyl (C=O) groups is 2. The Balaban J connectivity index is 1.24. The van der Waals surface area contributed by atoms with Gasteiger partial charge >= 0.3 is 0 Å². The lowest BCUT2D eigenvalue weighted by Crippen LogP contribution is -2.36. The molecule has 0 radical (unpaired) electrons. The van der Waals surface area contributed by atoms with E-state index in [0.29, 0.717) is 23.8 Å². The van der Waals surface area contributed by atoms with Crippen LogP contribution in [0.2, 0.25) is 0 Å². The van der Waals surface area contributed by atoms with Crippen molar-refractivity contribution < 1.29 is 14.3 Å². The second-order valence-corrected chi connectivity index (χ2v) is 10.4. The van der Waals surface area contributed by atoms with Crippen molar-refractivity contribution in [2.24, 2.45) is 5.92 Å². The van der Waals surface area contributed by atoms with Crippen molar-refractivity contribution in [1.29, 1.82) is 0 Å². The molecule has 198 valence electrons. The van der Waals surface area contributed by atoms with Crippen molar-refractivity contribution in [3.05, 3.63) is 95.6 Å². The molecule has 2 heterocycles. The predicted octanol–water partition coefficient (Wildman–Crippen LogP) is 5.54. The van der Waals surface area contributed by atoms with Crippen LogP contribution in [-0.2, 0) is 22.6 Å². The number of benzene rings is 3. The average Bonchev–Trinajstić information content (AvgIpc) is 3.50. The molecular formula is C32H37N3O3. The molecular weight excluding hydrogens is 474 g/mol. The SMILES string of the molecule is O=C(COCc1ccccc1)Nc1ccc(N2CCC(Cc3ccccc3)CC2)c(C(=O)N2CCCC2)c1. The lowest BCUT2D eigenvalue weighted by molar-refractivity contribution is -0.121. The number of ether oxygens (including phenoxy) is 1. The number of nitrogens with zero attached hydrogens (tertiary/aromatic N) is 2. The van der Waals surface area contributed by atoms with Crippen molar-refractivity contribution in [1.82, 2.24) is 4.90 Å². The summed E-state index contributed by atoms with van der Waals surface area (Å²) in [6, 6.07) is 26.2. The summed E-state index contributed by atoms with van der Waals surface area (Å²) < 4.78 is 5.59. The van der Waals surface area contributed by atoms with Gasteiger partial charge in [-0.05, 0) is 67.3 Å². The van der Waals surface area contributed by atoms with E-state index in [1.165, 1.54) is 5.56 Å². The van der Waals surface area contributed by atoms with Gasteiger partial charge < -0.3 is 19.9 Å². The maximum atomic E-state index is 13.5. The number of piperidine rings is 1. The van der Waals surface area contributed by atoms with Crippen LogP contribution in [0.15, 0.2) is 78.9 Å². The molecule has 0 spiro atoms. The van der Waals surface area contributed by atoms with Gasteiger partial charge in [0.15, 0.2) is 0 Å². The van der Waals surface area contributed by atoms with E-state index in [4.69, 9.17) is 4.74 Å². The number of anilines is 2. The molecule has 2 aliphatic heterocycles. The highest BCUT2D eigenvalue weighted by Gasteiger charge is 2.27. The van der Waals surface area contributed by atoms with Gasteiger partial charge in [0.1, 0.15) is 6.61 Å². The topological polar surface area (TPSA) is 61.9 Å². The van der Waals surface area contributed by atoms with Crippen molar-refractivity contribution in [2.45, 2.75) is 38.7 Å². The molecule has 3 aromatic rings. The van der Waals surface area contributed by atoms with E-state index < -0.39 is 0 Å². The van der Waals surface area contributed by atoms with Crippen LogP contribution in [0, 0.1) is 5.92 Å². The minimum atomic E-state index is -0.227. The summed E-state index contributed by atoms with van der Waals surface area (Å²) in [7, 11) is 0. The fraction of sp³-hybridized carbons (Fsp3) is 0.375. The second-order valence-electron chi connectivity index (χ2n) is 10.4. The van der Waals surface area contributed by atoms with Crippen LogP contribution in [0.1, 0.15) is 47.2 Å². The minimum absolute atomic E-state index is 0.0407. The summed E-state index contributed by atoms with van der Waals surface area (Å²) in [6.45, 7) is 3.78. The standard InChI is InChI=1S/C32H37N3O3/c36-31(24-38-23-27-11-5-2-6-12-27)33-28-13-14-30(29(22-28)32(37)35-17-7-8-18-35)34-19-15-26(16-20-34)21-25-9-3-1-4-10-25/h1-6,9-14,22,26H,7-8,15-21,23-24H2,(H,33,36). The van der Waals surface area contributed by atoms with Gasteiger partial charge in [-0.2, -0.15) is 0 Å². The number of carbonyl (C=O) groups excluding carboxylic acids is 2. The summed E-state index contributed by atoms with van der Waals surface area (Å²) >= 11 is 0. The third kappa shape index (κ3) is 6.81. The van der Waals surface area contributed by atoms with Crippen LogP contribution >= 0.6 is 0 Å². The number of hydrogen-bond acceptors (Lipinski definition) is 4. The Morgan fingerprint density at radius 3 is 2.16 bits per heavy atom. The van der Waals surface area contributed by atoms with Crippen molar-refractivity contribution in [3.63, 3.8) is 0 Å². The monoisotopic (exact) mass is 511 g/mol. The smallest absolute Gasteiger partial charge is 0.256 e. The van der Waals surface area contributed by atoms with Crippen LogP contribution in [0.5, 0.6) is 0 Å². The van der Waals surface area contributed by atoms with E-state index in [9.17, 15) is 9.59 Å². The zero-order valence-corrected chi connectivity index (χ0v) is 22.0. The molecule has 0 unspecified atom stereocenters. The molecule has 2 saturated heterocycles. The number of likely N-dealkylation sites (tertiary alicyclic amines) is 1. The Kier molecular flexibility index (Phi) is 8.71. The van der Waals surface area contributed by atoms with Crippen LogP contribution < -0.4 is 10.2 Å². The molecule has 0 bridgehead atoms. The molecule has 0 aliphatic carbocycles. The van der Waals surface area contributed by atoms with Crippen LogP contribution in [-0.4, -0.2) is 49.5 Å². The number of rotatable bonds is 9. The second kappa shape index (κ2) is 12.7. The molecule has 6 heteroatoms. The Morgan fingerprint density at radius 2 is 1.47 bits per heavy atom. The molecule has 0 atom stereocenters. The average molecular weight is 512 g/mol. The normalized spacial score (nSPS) is 16.0. The van der Waals surface area contributed by atoms with E-state index in [0.717, 1.165) is 69.5 Å². The van der Waals surface area contributed by atoms with Gasteiger partial charge in [0.2, 0.25) is 5.91 Å². The number of amides is 2. The quantitative estimate of drug-likeness (QED) is 0.410. The Labute approximate surface area is 225 Å². The Morgan fingerprint density at radius 1 is 0.816 bits per heavy atom. The summed E-state index contributed by atoms with van der Waals surface area (Å²) in [5, 5.41) is 2.93.